The number of para-hydroxylation sites is 1. The molecule has 0 aliphatic heterocycles. The van der Waals surface area contributed by atoms with E-state index in [1.807, 2.05) is 18.2 Å². The molecule has 0 aliphatic rings. The summed E-state index contributed by atoms with van der Waals surface area (Å²) in [6.07, 6.45) is 0. The number of nitrogens with one attached hydrogen (secondary N) is 1. The van der Waals surface area contributed by atoms with Gasteiger partial charge in [0, 0.05) is 23.9 Å². The van der Waals surface area contributed by atoms with Crippen molar-refractivity contribution in [3.63, 3.8) is 0 Å². The highest BCUT2D eigenvalue weighted by molar-refractivity contribution is 5.78. The zero-order chi connectivity index (χ0) is 23.0. The SMILES string of the molecule is CC(=O)N[C@H](c1cc(C(C)(C)C)cc(C(C)(C)C)c1)[C@@H](C)c1ccc2ccccc2n1. The number of fused-ring (bicyclic) bond motifs is 1. The fourth-order valence-corrected chi connectivity index (χ4v) is 3.92. The Morgan fingerprint density at radius 3 is 2.00 bits per heavy atom. The van der Waals surface area contributed by atoms with E-state index in [0.29, 0.717) is 0 Å². The Bertz CT molecular complexity index is 1050. The van der Waals surface area contributed by atoms with Crippen LogP contribution in [0.15, 0.2) is 54.6 Å². The van der Waals surface area contributed by atoms with Gasteiger partial charge in [0.25, 0.3) is 0 Å². The summed E-state index contributed by atoms with van der Waals surface area (Å²) in [6, 6.07) is 19.0. The zero-order valence-electron chi connectivity index (χ0n) is 20.2. The number of amides is 1. The minimum Gasteiger partial charge on any atom is -0.349 e. The molecule has 0 saturated heterocycles. The van der Waals surface area contributed by atoms with Crippen molar-refractivity contribution in [1.82, 2.24) is 10.3 Å². The van der Waals surface area contributed by atoms with E-state index in [0.717, 1.165) is 22.2 Å². The quantitative estimate of drug-likeness (QED) is 0.507. The van der Waals surface area contributed by atoms with E-state index in [4.69, 9.17) is 4.98 Å². The van der Waals surface area contributed by atoms with E-state index >= 15 is 0 Å². The Morgan fingerprint density at radius 2 is 1.45 bits per heavy atom. The highest BCUT2D eigenvalue weighted by atomic mass is 16.1. The first kappa shape index (κ1) is 23.0. The lowest BCUT2D eigenvalue weighted by atomic mass is 9.77. The maximum atomic E-state index is 12.2. The van der Waals surface area contributed by atoms with Crippen LogP contribution < -0.4 is 5.32 Å². The van der Waals surface area contributed by atoms with Crippen molar-refractivity contribution in [3.8, 4) is 0 Å². The molecule has 1 N–H and O–H groups in total. The molecule has 3 aromatic rings. The summed E-state index contributed by atoms with van der Waals surface area (Å²) in [5.41, 5.74) is 5.69. The first-order valence-corrected chi connectivity index (χ1v) is 11.1. The third-order valence-electron chi connectivity index (χ3n) is 5.99. The number of rotatable bonds is 4. The van der Waals surface area contributed by atoms with Gasteiger partial charge in [0.05, 0.1) is 11.6 Å². The number of benzene rings is 2. The predicted octanol–water partition coefficient (Wildman–Crippen LogP) is 6.81. The molecule has 3 heteroatoms. The van der Waals surface area contributed by atoms with Gasteiger partial charge in [0.15, 0.2) is 0 Å². The molecule has 3 nitrogen and oxygen atoms in total. The van der Waals surface area contributed by atoms with Crippen LogP contribution in [0.2, 0.25) is 0 Å². The lowest BCUT2D eigenvalue weighted by Gasteiger charge is -2.30. The van der Waals surface area contributed by atoms with E-state index in [-0.39, 0.29) is 28.7 Å². The Morgan fingerprint density at radius 1 is 0.871 bits per heavy atom. The van der Waals surface area contributed by atoms with Crippen LogP contribution in [0, 0.1) is 0 Å². The smallest absolute Gasteiger partial charge is 0.217 e. The largest absolute Gasteiger partial charge is 0.349 e. The van der Waals surface area contributed by atoms with Gasteiger partial charge in [-0.25, -0.2) is 0 Å². The second-order valence-corrected chi connectivity index (χ2v) is 10.7. The lowest BCUT2D eigenvalue weighted by Crippen LogP contribution is -2.31. The van der Waals surface area contributed by atoms with Gasteiger partial charge >= 0.3 is 0 Å². The topological polar surface area (TPSA) is 42.0 Å². The summed E-state index contributed by atoms with van der Waals surface area (Å²) in [6.45, 7) is 17.2. The van der Waals surface area contributed by atoms with Gasteiger partial charge < -0.3 is 5.32 Å². The molecule has 0 unspecified atom stereocenters. The van der Waals surface area contributed by atoms with Crippen LogP contribution >= 0.6 is 0 Å². The van der Waals surface area contributed by atoms with E-state index in [1.165, 1.54) is 11.1 Å². The summed E-state index contributed by atoms with van der Waals surface area (Å²) < 4.78 is 0. The van der Waals surface area contributed by atoms with Crippen molar-refractivity contribution < 1.29 is 4.79 Å². The maximum absolute atomic E-state index is 12.2. The number of hydrogen-bond donors (Lipinski definition) is 1. The fourth-order valence-electron chi connectivity index (χ4n) is 3.92. The minimum absolute atomic E-state index is 0.0151. The van der Waals surface area contributed by atoms with Crippen molar-refractivity contribution in [2.45, 2.75) is 78.2 Å². The molecule has 2 aromatic carbocycles. The van der Waals surface area contributed by atoms with Crippen LogP contribution in [-0.4, -0.2) is 10.9 Å². The molecule has 0 bridgehead atoms. The second-order valence-electron chi connectivity index (χ2n) is 10.7. The van der Waals surface area contributed by atoms with Gasteiger partial charge in [0.1, 0.15) is 0 Å². The van der Waals surface area contributed by atoms with E-state index in [1.54, 1.807) is 6.92 Å². The van der Waals surface area contributed by atoms with Gasteiger partial charge in [-0.05, 0) is 39.7 Å². The first-order chi connectivity index (χ1) is 14.4. The maximum Gasteiger partial charge on any atom is 0.217 e. The number of hydrogen-bond acceptors (Lipinski definition) is 2. The highest BCUT2D eigenvalue weighted by Gasteiger charge is 2.27. The Kier molecular flexibility index (Phi) is 6.27. The number of pyridine rings is 1. The molecule has 3 rings (SSSR count). The van der Waals surface area contributed by atoms with E-state index in [2.05, 4.69) is 90.2 Å². The molecule has 0 saturated carbocycles. The molecule has 164 valence electrons. The van der Waals surface area contributed by atoms with Crippen molar-refractivity contribution >= 4 is 16.8 Å². The Hall–Kier alpha value is -2.68. The summed E-state index contributed by atoms with van der Waals surface area (Å²) in [5, 5.41) is 4.35. The molecule has 2 atom stereocenters. The Balaban J connectivity index is 2.14. The van der Waals surface area contributed by atoms with Crippen molar-refractivity contribution in [2.75, 3.05) is 0 Å². The van der Waals surface area contributed by atoms with Crippen LogP contribution in [-0.2, 0) is 15.6 Å². The van der Waals surface area contributed by atoms with Gasteiger partial charge in [-0.3, -0.25) is 9.78 Å². The van der Waals surface area contributed by atoms with Gasteiger partial charge in [-0.2, -0.15) is 0 Å². The van der Waals surface area contributed by atoms with Crippen LogP contribution in [0.5, 0.6) is 0 Å². The van der Waals surface area contributed by atoms with Crippen LogP contribution in [0.4, 0.5) is 0 Å². The second kappa shape index (κ2) is 8.45. The predicted molar refractivity (Wildman–Crippen MR) is 131 cm³/mol. The third-order valence-corrected chi connectivity index (χ3v) is 5.99. The normalized spacial score (nSPS) is 14.3. The molecular formula is C28H36N2O. The van der Waals surface area contributed by atoms with Crippen molar-refractivity contribution in [1.29, 1.82) is 0 Å². The van der Waals surface area contributed by atoms with E-state index in [9.17, 15) is 4.79 Å². The minimum atomic E-state index is -0.158. The van der Waals surface area contributed by atoms with Crippen LogP contribution in [0.1, 0.15) is 89.7 Å². The third kappa shape index (κ3) is 5.33. The number of nitrogens with zero attached hydrogens (tertiary/aromatic N) is 1. The molecule has 0 aliphatic carbocycles. The van der Waals surface area contributed by atoms with E-state index < -0.39 is 0 Å². The fraction of sp³-hybridized carbons (Fsp3) is 0.429. The van der Waals surface area contributed by atoms with Crippen LogP contribution in [0.3, 0.4) is 0 Å². The molecule has 0 radical (unpaired) electrons. The first-order valence-electron chi connectivity index (χ1n) is 11.1. The number of aromatic nitrogens is 1. The summed E-state index contributed by atoms with van der Waals surface area (Å²) in [4.78, 5) is 17.1. The monoisotopic (exact) mass is 416 g/mol. The van der Waals surface area contributed by atoms with Crippen LogP contribution in [0.25, 0.3) is 10.9 Å². The number of carbonyl (C=O) groups is 1. The molecule has 1 heterocycles. The van der Waals surface area contributed by atoms with Crippen molar-refractivity contribution in [2.24, 2.45) is 0 Å². The van der Waals surface area contributed by atoms with Gasteiger partial charge in [-0.15, -0.1) is 0 Å². The Labute approximate surface area is 187 Å². The molecule has 1 aromatic heterocycles. The summed E-state index contributed by atoms with van der Waals surface area (Å²) in [5.74, 6) is -0.00680. The molecule has 1 amide bonds. The zero-order valence-corrected chi connectivity index (χ0v) is 20.2. The van der Waals surface area contributed by atoms with Gasteiger partial charge in [0.2, 0.25) is 5.91 Å². The standard InChI is InChI=1S/C28H36N2O/c1-18(24-14-13-20-11-9-10-12-25(20)30-24)26(29-19(2)31)21-15-22(27(3,4)5)17-23(16-21)28(6,7)8/h9-18,26H,1-8H3,(H,29,31)/t18-,26-/m0/s1. The highest BCUT2D eigenvalue weighted by Crippen LogP contribution is 2.36. The molecule has 0 spiro atoms. The molecule has 0 fully saturated rings. The van der Waals surface area contributed by atoms with Crippen molar-refractivity contribution in [3.05, 3.63) is 77.0 Å². The van der Waals surface area contributed by atoms with Gasteiger partial charge in [-0.1, -0.05) is 90.9 Å². The lowest BCUT2D eigenvalue weighted by molar-refractivity contribution is -0.119. The number of carbonyl (C=O) groups excluding carboxylic acids is 1. The average molecular weight is 417 g/mol. The summed E-state index contributed by atoms with van der Waals surface area (Å²) in [7, 11) is 0. The molecular weight excluding hydrogens is 380 g/mol. The molecule has 31 heavy (non-hydrogen) atoms. The average Bonchev–Trinajstić information content (AvgIpc) is 2.69. The summed E-state index contributed by atoms with van der Waals surface area (Å²) >= 11 is 0.